The van der Waals surface area contributed by atoms with Gasteiger partial charge < -0.3 is 0 Å². The Morgan fingerprint density at radius 3 is 1.05 bits per heavy atom. The van der Waals surface area contributed by atoms with E-state index in [4.69, 9.17) is 22.7 Å². The standard InChI is InChI=1S/3C6H8O6.Bi/c3*7-1-2(8)5-3(9)4(10)6(11)12-5;/h3*2,5,7-10H,1H2;/q;;;+3/p-3/t3*2-,5+;/m000./s1. The van der Waals surface area contributed by atoms with Gasteiger partial charge in [0.15, 0.2) is 0 Å². The molecule has 0 aromatic heterocycles. The van der Waals surface area contributed by atoms with Crippen LogP contribution in [0.15, 0.2) is 34.6 Å². The van der Waals surface area contributed by atoms with Crippen LogP contribution in [0.1, 0.15) is 0 Å². The number of carbonyl (C=O) groups is 3. The van der Waals surface area contributed by atoms with Crippen molar-refractivity contribution in [2.24, 2.45) is 0 Å². The van der Waals surface area contributed by atoms with E-state index < -0.39 is 132 Å². The number of cyclic esters (lactones) is 3. The SMILES string of the molecule is O=C1O[C@H]([C@@H](O)CO)C([O][Bi]([O]C2=C(O)C(=O)O[C@@H]2[C@@H](O)CO)[O]C2=C(O)C(=O)O[C@@H]2[C@@H](O)CO)=C1O. The van der Waals surface area contributed by atoms with Crippen molar-refractivity contribution in [3.05, 3.63) is 34.6 Å². The summed E-state index contributed by atoms with van der Waals surface area (Å²) in [5, 5.41) is 87.6. The molecule has 37 heavy (non-hydrogen) atoms. The molecule has 0 unspecified atom stereocenters. The van der Waals surface area contributed by atoms with Crippen molar-refractivity contribution in [1.82, 2.24) is 0 Å². The van der Waals surface area contributed by atoms with Gasteiger partial charge in [-0.1, -0.05) is 0 Å². The van der Waals surface area contributed by atoms with Crippen LogP contribution in [0, 0.1) is 0 Å². The second-order valence-electron chi connectivity index (χ2n) is 7.36. The molecule has 3 aliphatic heterocycles. The molecule has 206 valence electrons. The Kier molecular flexibility index (Phi) is 9.01. The fraction of sp³-hybridized carbons (Fsp3) is 0.500. The van der Waals surface area contributed by atoms with Crippen LogP contribution in [0.5, 0.6) is 0 Å². The monoisotopic (exact) mass is 734 g/mol. The van der Waals surface area contributed by atoms with Gasteiger partial charge >= 0.3 is 215 Å². The first-order chi connectivity index (χ1) is 17.4. The summed E-state index contributed by atoms with van der Waals surface area (Å²) in [4.78, 5) is 35.5. The number of rotatable bonds is 12. The quantitative estimate of drug-likeness (QED) is 0.0516. The van der Waals surface area contributed by atoms with Crippen LogP contribution >= 0.6 is 0 Å². The Labute approximate surface area is 214 Å². The third-order valence-electron chi connectivity index (χ3n) is 4.89. The van der Waals surface area contributed by atoms with Crippen LogP contribution in [0.2, 0.25) is 0 Å². The third kappa shape index (κ3) is 5.67. The summed E-state index contributed by atoms with van der Waals surface area (Å²) in [6.45, 7) is -2.97. The predicted molar refractivity (Wildman–Crippen MR) is 107 cm³/mol. The molecular formula is C18H21BiO18. The predicted octanol–water partition coefficient (Wildman–Crippen LogP) is -4.83. The van der Waals surface area contributed by atoms with Gasteiger partial charge in [-0.3, -0.25) is 0 Å². The van der Waals surface area contributed by atoms with Crippen molar-refractivity contribution in [3.8, 4) is 0 Å². The van der Waals surface area contributed by atoms with Crippen LogP contribution in [0.4, 0.5) is 0 Å². The molecule has 6 atom stereocenters. The summed E-state index contributed by atoms with van der Waals surface area (Å²) < 4.78 is 30.3. The van der Waals surface area contributed by atoms with E-state index in [2.05, 4.69) is 0 Å². The number of aliphatic hydroxyl groups excluding tert-OH is 9. The molecule has 0 saturated heterocycles. The van der Waals surface area contributed by atoms with Crippen LogP contribution in [-0.4, -0.2) is 143 Å². The van der Waals surface area contributed by atoms with Crippen molar-refractivity contribution >= 4 is 41.0 Å². The number of ether oxygens (including phenoxy) is 3. The van der Waals surface area contributed by atoms with Crippen molar-refractivity contribution < 1.29 is 83.0 Å². The molecule has 0 radical (unpaired) electrons. The Balaban J connectivity index is 2.02. The van der Waals surface area contributed by atoms with Crippen molar-refractivity contribution in [1.29, 1.82) is 0 Å². The molecule has 3 rings (SSSR count). The average molecular weight is 734 g/mol. The zero-order valence-corrected chi connectivity index (χ0v) is 21.7. The van der Waals surface area contributed by atoms with Crippen molar-refractivity contribution in [3.63, 3.8) is 0 Å². The second kappa shape index (κ2) is 11.6. The molecule has 18 nitrogen and oxygen atoms in total. The van der Waals surface area contributed by atoms with Gasteiger partial charge in [-0.2, -0.15) is 0 Å². The van der Waals surface area contributed by atoms with Gasteiger partial charge in [-0.05, 0) is 0 Å². The number of aliphatic hydroxyl groups is 9. The van der Waals surface area contributed by atoms with E-state index in [1.54, 1.807) is 0 Å². The van der Waals surface area contributed by atoms with Crippen molar-refractivity contribution in [2.75, 3.05) is 19.8 Å². The first-order valence-corrected chi connectivity index (χ1v) is 14.3. The minimum absolute atomic E-state index is 0.849. The zero-order chi connectivity index (χ0) is 27.6. The van der Waals surface area contributed by atoms with Gasteiger partial charge in [-0.15, -0.1) is 0 Å². The first-order valence-electron chi connectivity index (χ1n) is 10.1. The van der Waals surface area contributed by atoms with E-state index in [1.165, 1.54) is 0 Å². The molecule has 19 heteroatoms. The molecule has 0 aromatic carbocycles. The van der Waals surface area contributed by atoms with E-state index in [-0.39, 0.29) is 0 Å². The summed E-state index contributed by atoms with van der Waals surface area (Å²) in [6.07, 6.45) is -10.9. The van der Waals surface area contributed by atoms with Crippen LogP contribution in [-0.2, 0) is 37.0 Å². The van der Waals surface area contributed by atoms with Gasteiger partial charge in [-0.25, -0.2) is 0 Å². The van der Waals surface area contributed by atoms with Gasteiger partial charge in [0, 0.05) is 0 Å². The van der Waals surface area contributed by atoms with E-state index in [1.807, 2.05) is 0 Å². The number of hydrogen-bond donors (Lipinski definition) is 9. The molecule has 9 N–H and O–H groups in total. The molecule has 0 amide bonds. The Morgan fingerprint density at radius 2 is 0.838 bits per heavy atom. The van der Waals surface area contributed by atoms with Gasteiger partial charge in [0.1, 0.15) is 0 Å². The van der Waals surface area contributed by atoms with Gasteiger partial charge in [0.25, 0.3) is 0 Å². The summed E-state index contributed by atoms with van der Waals surface area (Å²) in [5.41, 5.74) is 0. The van der Waals surface area contributed by atoms with Gasteiger partial charge in [0.2, 0.25) is 0 Å². The molecular weight excluding hydrogens is 713 g/mol. The fourth-order valence-corrected chi connectivity index (χ4v) is 7.54. The fourth-order valence-electron chi connectivity index (χ4n) is 3.01. The molecule has 0 saturated carbocycles. The van der Waals surface area contributed by atoms with E-state index in [0.717, 1.165) is 0 Å². The third-order valence-corrected chi connectivity index (χ3v) is 8.92. The van der Waals surface area contributed by atoms with Crippen LogP contribution in [0.3, 0.4) is 0 Å². The van der Waals surface area contributed by atoms with E-state index in [0.29, 0.717) is 0 Å². The molecule has 0 fully saturated rings. The maximum atomic E-state index is 11.8. The average Bonchev–Trinajstić information content (AvgIpc) is 3.44. The summed E-state index contributed by atoms with van der Waals surface area (Å²) in [5.74, 6) is -10.4. The van der Waals surface area contributed by atoms with Crippen molar-refractivity contribution in [2.45, 2.75) is 36.6 Å². The summed E-state index contributed by atoms with van der Waals surface area (Å²) in [6, 6.07) is 0. The van der Waals surface area contributed by atoms with Crippen LogP contribution < -0.4 is 0 Å². The molecule has 0 spiro atoms. The zero-order valence-electron chi connectivity index (χ0n) is 18.2. The maximum absolute atomic E-state index is 11.8. The number of esters is 3. The van der Waals surface area contributed by atoms with Crippen LogP contribution in [0.25, 0.3) is 0 Å². The second-order valence-corrected chi connectivity index (χ2v) is 11.2. The Morgan fingerprint density at radius 1 is 0.595 bits per heavy atom. The summed E-state index contributed by atoms with van der Waals surface area (Å²) in [7, 11) is 0. The van der Waals surface area contributed by atoms with Gasteiger partial charge in [0.05, 0.1) is 0 Å². The minimum atomic E-state index is -5.13. The first kappa shape index (κ1) is 28.6. The summed E-state index contributed by atoms with van der Waals surface area (Å²) >= 11 is -5.13. The Hall–Kier alpha value is -2.93. The normalized spacial score (nSPS) is 26.4. The Bertz CT molecular complexity index is 905. The molecule has 0 aromatic rings. The molecule has 3 heterocycles. The molecule has 0 bridgehead atoms. The molecule has 3 aliphatic rings. The number of carbonyl (C=O) groups excluding carboxylic acids is 3. The number of hydrogen-bond acceptors (Lipinski definition) is 18. The van der Waals surface area contributed by atoms with E-state index >= 15 is 0 Å². The van der Waals surface area contributed by atoms with E-state index in [9.17, 15) is 60.3 Å². The topological polar surface area (TPSA) is 289 Å². The molecule has 0 aliphatic carbocycles.